The molecule has 5 rings (SSSR count). The van der Waals surface area contributed by atoms with Crippen LogP contribution in [-0.2, 0) is 4.79 Å². The summed E-state index contributed by atoms with van der Waals surface area (Å²) < 4.78 is 0. The highest BCUT2D eigenvalue weighted by atomic mass is 16.2. The molecule has 124 valence electrons. The molecule has 0 aromatic rings. The summed E-state index contributed by atoms with van der Waals surface area (Å²) in [6, 6.07) is -0.260. The van der Waals surface area contributed by atoms with E-state index < -0.39 is 0 Å². The zero-order valence-electron chi connectivity index (χ0n) is 13.9. The van der Waals surface area contributed by atoms with Crippen LogP contribution in [-0.4, -0.2) is 18.5 Å². The summed E-state index contributed by atoms with van der Waals surface area (Å²) in [5.74, 6) is 3.43. The molecule has 5 fully saturated rings. The lowest BCUT2D eigenvalue weighted by Crippen LogP contribution is -2.59. The summed E-state index contributed by atoms with van der Waals surface area (Å²) in [6.07, 6.45) is 14.5. The van der Waals surface area contributed by atoms with Crippen LogP contribution >= 0.6 is 0 Å². The molecule has 1 amide bonds. The van der Waals surface area contributed by atoms with Crippen LogP contribution in [0.3, 0.4) is 0 Å². The highest BCUT2D eigenvalue weighted by molar-refractivity contribution is 5.82. The Morgan fingerprint density at radius 2 is 1.55 bits per heavy atom. The van der Waals surface area contributed by atoms with Gasteiger partial charge in [0.1, 0.15) is 0 Å². The molecule has 0 radical (unpaired) electrons. The largest absolute Gasteiger partial charge is 0.354 e. The number of amides is 1. The zero-order valence-corrected chi connectivity index (χ0v) is 13.9. The van der Waals surface area contributed by atoms with Crippen molar-refractivity contribution < 1.29 is 4.79 Å². The van der Waals surface area contributed by atoms with Gasteiger partial charge < -0.3 is 11.1 Å². The van der Waals surface area contributed by atoms with Crippen molar-refractivity contribution in [2.75, 3.05) is 6.54 Å². The van der Waals surface area contributed by atoms with Gasteiger partial charge in [0.15, 0.2) is 0 Å². The Hall–Kier alpha value is -0.570. The summed E-state index contributed by atoms with van der Waals surface area (Å²) in [4.78, 5) is 12.7. The van der Waals surface area contributed by atoms with Crippen LogP contribution in [0.15, 0.2) is 0 Å². The standard InChI is InChI=1S/C19H32N2O/c20-17(18(22)21-12-13-4-2-1-3-5-13)19-9-14-6-15(10-19)8-16(7-14)11-19/h13-17H,1-12,20H2,(H,21,22). The molecule has 5 aliphatic rings. The van der Waals surface area contributed by atoms with Gasteiger partial charge in [0, 0.05) is 6.54 Å². The number of carbonyl (C=O) groups excluding carboxylic acids is 1. The molecule has 1 unspecified atom stereocenters. The van der Waals surface area contributed by atoms with Gasteiger partial charge in [0.05, 0.1) is 6.04 Å². The summed E-state index contributed by atoms with van der Waals surface area (Å²) in [5.41, 5.74) is 6.66. The average Bonchev–Trinajstić information content (AvgIpc) is 2.51. The van der Waals surface area contributed by atoms with E-state index in [1.165, 1.54) is 70.6 Å². The van der Waals surface area contributed by atoms with Gasteiger partial charge in [0.25, 0.3) is 0 Å². The summed E-state index contributed by atoms with van der Waals surface area (Å²) in [6.45, 7) is 0.860. The van der Waals surface area contributed by atoms with Crippen molar-refractivity contribution in [3.05, 3.63) is 0 Å². The molecule has 3 heteroatoms. The molecule has 0 aliphatic heterocycles. The third kappa shape index (κ3) is 2.70. The first-order valence-corrected chi connectivity index (χ1v) is 9.68. The molecule has 0 aromatic heterocycles. The van der Waals surface area contributed by atoms with E-state index in [-0.39, 0.29) is 17.4 Å². The molecule has 0 saturated heterocycles. The van der Waals surface area contributed by atoms with Gasteiger partial charge in [-0.15, -0.1) is 0 Å². The van der Waals surface area contributed by atoms with E-state index in [2.05, 4.69) is 5.32 Å². The number of nitrogens with two attached hydrogens (primary N) is 1. The summed E-state index contributed by atoms with van der Waals surface area (Å²) in [5, 5.41) is 3.21. The fraction of sp³-hybridized carbons (Fsp3) is 0.947. The number of hydrogen-bond donors (Lipinski definition) is 2. The maximum absolute atomic E-state index is 12.7. The third-order valence-corrected chi connectivity index (χ3v) is 7.32. The molecule has 4 bridgehead atoms. The van der Waals surface area contributed by atoms with E-state index >= 15 is 0 Å². The van der Waals surface area contributed by atoms with Crippen LogP contribution in [0, 0.1) is 29.1 Å². The van der Waals surface area contributed by atoms with Crippen molar-refractivity contribution in [3.63, 3.8) is 0 Å². The smallest absolute Gasteiger partial charge is 0.237 e. The van der Waals surface area contributed by atoms with Crippen molar-refractivity contribution in [2.24, 2.45) is 34.8 Å². The number of carbonyl (C=O) groups is 1. The Morgan fingerprint density at radius 1 is 1.00 bits per heavy atom. The monoisotopic (exact) mass is 304 g/mol. The fourth-order valence-electron chi connectivity index (χ4n) is 6.58. The minimum absolute atomic E-state index is 0.144. The van der Waals surface area contributed by atoms with Crippen molar-refractivity contribution >= 4 is 5.91 Å². The lowest BCUT2D eigenvalue weighted by Gasteiger charge is -2.58. The first-order chi connectivity index (χ1) is 10.6. The average molecular weight is 304 g/mol. The van der Waals surface area contributed by atoms with Crippen molar-refractivity contribution in [1.29, 1.82) is 0 Å². The molecule has 3 N–H and O–H groups in total. The van der Waals surface area contributed by atoms with E-state index in [1.54, 1.807) is 0 Å². The highest BCUT2D eigenvalue weighted by Crippen LogP contribution is 2.60. The van der Waals surface area contributed by atoms with Gasteiger partial charge in [-0.05, 0) is 80.5 Å². The molecular weight excluding hydrogens is 272 g/mol. The molecular formula is C19H32N2O. The molecule has 1 atom stereocenters. The predicted octanol–water partition coefficient (Wildman–Crippen LogP) is 3.23. The van der Waals surface area contributed by atoms with Gasteiger partial charge >= 0.3 is 0 Å². The van der Waals surface area contributed by atoms with Crippen LogP contribution in [0.5, 0.6) is 0 Å². The molecule has 0 heterocycles. The van der Waals surface area contributed by atoms with E-state index in [9.17, 15) is 4.79 Å². The predicted molar refractivity (Wildman–Crippen MR) is 88.2 cm³/mol. The van der Waals surface area contributed by atoms with Gasteiger partial charge in [-0.2, -0.15) is 0 Å². The lowest BCUT2D eigenvalue weighted by atomic mass is 9.47. The topological polar surface area (TPSA) is 55.1 Å². The van der Waals surface area contributed by atoms with Crippen LogP contribution in [0.25, 0.3) is 0 Å². The Morgan fingerprint density at radius 3 is 2.09 bits per heavy atom. The molecule has 5 saturated carbocycles. The van der Waals surface area contributed by atoms with E-state index in [0.717, 1.165) is 24.3 Å². The van der Waals surface area contributed by atoms with E-state index in [0.29, 0.717) is 5.92 Å². The van der Waals surface area contributed by atoms with Gasteiger partial charge in [-0.3, -0.25) is 4.79 Å². The van der Waals surface area contributed by atoms with E-state index in [1.807, 2.05) is 0 Å². The Balaban J connectivity index is 1.36. The molecule has 22 heavy (non-hydrogen) atoms. The minimum Gasteiger partial charge on any atom is -0.354 e. The van der Waals surface area contributed by atoms with Crippen LogP contribution in [0.4, 0.5) is 0 Å². The maximum atomic E-state index is 12.7. The number of nitrogens with one attached hydrogen (secondary N) is 1. The highest BCUT2D eigenvalue weighted by Gasteiger charge is 2.54. The Bertz CT molecular complexity index is 392. The number of hydrogen-bond acceptors (Lipinski definition) is 2. The van der Waals surface area contributed by atoms with Crippen molar-refractivity contribution in [3.8, 4) is 0 Å². The first kappa shape index (κ1) is 15.0. The third-order valence-electron chi connectivity index (χ3n) is 7.32. The van der Waals surface area contributed by atoms with Crippen LogP contribution < -0.4 is 11.1 Å². The molecule has 3 nitrogen and oxygen atoms in total. The summed E-state index contributed by atoms with van der Waals surface area (Å²) in [7, 11) is 0. The van der Waals surface area contributed by atoms with Gasteiger partial charge in [0.2, 0.25) is 5.91 Å². The Labute approximate surface area is 134 Å². The van der Waals surface area contributed by atoms with Gasteiger partial charge in [-0.25, -0.2) is 0 Å². The molecule has 0 aromatic carbocycles. The second-order valence-corrected chi connectivity index (χ2v) is 9.01. The van der Waals surface area contributed by atoms with Crippen LogP contribution in [0.2, 0.25) is 0 Å². The van der Waals surface area contributed by atoms with E-state index in [4.69, 9.17) is 5.73 Å². The van der Waals surface area contributed by atoms with Crippen molar-refractivity contribution in [1.82, 2.24) is 5.32 Å². The molecule has 0 spiro atoms. The van der Waals surface area contributed by atoms with Crippen molar-refractivity contribution in [2.45, 2.75) is 76.7 Å². The minimum atomic E-state index is -0.260. The number of rotatable bonds is 4. The SMILES string of the molecule is NC(C(=O)NCC1CCCCC1)C12CC3CC(CC(C3)C1)C2. The summed E-state index contributed by atoms with van der Waals surface area (Å²) >= 11 is 0. The van der Waals surface area contributed by atoms with Crippen LogP contribution in [0.1, 0.15) is 70.6 Å². The lowest BCUT2D eigenvalue weighted by molar-refractivity contribution is -0.133. The van der Waals surface area contributed by atoms with Gasteiger partial charge in [-0.1, -0.05) is 19.3 Å². The second kappa shape index (κ2) is 5.81. The molecule has 5 aliphatic carbocycles. The first-order valence-electron chi connectivity index (χ1n) is 9.68. The fourth-order valence-corrected chi connectivity index (χ4v) is 6.58. The Kier molecular flexibility index (Phi) is 3.96. The zero-order chi connectivity index (χ0) is 15.2. The maximum Gasteiger partial charge on any atom is 0.237 e. The second-order valence-electron chi connectivity index (χ2n) is 9.01. The normalized spacial score (nSPS) is 42.3. The quantitative estimate of drug-likeness (QED) is 0.838.